The van der Waals surface area contributed by atoms with Crippen LogP contribution >= 0.6 is 0 Å². The van der Waals surface area contributed by atoms with E-state index in [4.69, 9.17) is 9.57 Å². The van der Waals surface area contributed by atoms with Gasteiger partial charge in [-0.2, -0.15) is 0 Å². The minimum Gasteiger partial charge on any atom is -0.457 e. The lowest BCUT2D eigenvalue weighted by Gasteiger charge is -2.15. The third-order valence-electron chi connectivity index (χ3n) is 4.28. The molecule has 0 atom stereocenters. The zero-order chi connectivity index (χ0) is 17.8. The number of hydrogen-bond acceptors (Lipinski definition) is 4. The van der Waals surface area contributed by atoms with Crippen LogP contribution in [0.5, 0.6) is 0 Å². The lowest BCUT2D eigenvalue weighted by atomic mass is 10.0. The Hall–Kier alpha value is -3.40. The van der Waals surface area contributed by atoms with Gasteiger partial charge in [-0.05, 0) is 28.8 Å². The predicted molar refractivity (Wildman–Crippen MR) is 99.0 cm³/mol. The molecule has 0 aromatic heterocycles. The number of oxime groups is 1. The number of nitrogens with zero attached hydrogens (tertiary/aromatic N) is 1. The molecule has 0 saturated carbocycles. The van der Waals surface area contributed by atoms with Crippen molar-refractivity contribution < 1.29 is 14.4 Å². The lowest BCUT2D eigenvalue weighted by molar-refractivity contribution is 0.0535. The van der Waals surface area contributed by atoms with Crippen molar-refractivity contribution >= 4 is 12.2 Å². The number of rotatable bonds is 5. The third kappa shape index (κ3) is 3.35. The van der Waals surface area contributed by atoms with E-state index < -0.39 is 0 Å². The van der Waals surface area contributed by atoms with E-state index in [0.29, 0.717) is 12.2 Å². The second-order valence-electron chi connectivity index (χ2n) is 6.03. The van der Waals surface area contributed by atoms with Gasteiger partial charge in [0.05, 0.1) is 11.8 Å². The largest absolute Gasteiger partial charge is 0.457 e. The lowest BCUT2D eigenvalue weighted by Crippen LogP contribution is -2.03. The monoisotopic (exact) mass is 343 g/mol. The SMILES string of the molecule is O=C1OCc2cc(C=NOC(c3ccccc3)c3ccccc3)ccc21. The molecule has 0 unspecified atom stereocenters. The zero-order valence-electron chi connectivity index (χ0n) is 14.0. The van der Waals surface area contributed by atoms with Gasteiger partial charge >= 0.3 is 5.97 Å². The molecule has 3 aromatic carbocycles. The van der Waals surface area contributed by atoms with Crippen molar-refractivity contribution in [3.8, 4) is 0 Å². The van der Waals surface area contributed by atoms with Crippen LogP contribution in [0.15, 0.2) is 84.0 Å². The van der Waals surface area contributed by atoms with E-state index in [1.807, 2.05) is 72.8 Å². The molecule has 4 rings (SSSR count). The minimum absolute atomic E-state index is 0.270. The van der Waals surface area contributed by atoms with E-state index in [-0.39, 0.29) is 12.1 Å². The van der Waals surface area contributed by atoms with E-state index in [2.05, 4.69) is 5.16 Å². The first kappa shape index (κ1) is 16.1. The third-order valence-corrected chi connectivity index (χ3v) is 4.28. The normalized spacial score (nSPS) is 13.0. The molecule has 1 aliphatic rings. The standard InChI is InChI=1S/C22H17NO3/c24-22-20-12-11-16(13-19(20)15-25-22)14-23-26-21(17-7-3-1-4-8-17)18-9-5-2-6-10-18/h1-14,21H,15H2. The number of esters is 1. The molecule has 1 heterocycles. The molecule has 1 aliphatic heterocycles. The van der Waals surface area contributed by atoms with E-state index >= 15 is 0 Å². The Balaban J connectivity index is 1.55. The van der Waals surface area contributed by atoms with Gasteiger partial charge in [-0.1, -0.05) is 71.9 Å². The first-order valence-electron chi connectivity index (χ1n) is 8.40. The van der Waals surface area contributed by atoms with Crippen LogP contribution in [0, 0.1) is 0 Å². The molecule has 0 N–H and O–H groups in total. The van der Waals surface area contributed by atoms with E-state index in [9.17, 15) is 4.79 Å². The van der Waals surface area contributed by atoms with E-state index in [0.717, 1.165) is 22.3 Å². The molecule has 0 aliphatic carbocycles. The first-order valence-corrected chi connectivity index (χ1v) is 8.40. The van der Waals surface area contributed by atoms with E-state index in [1.165, 1.54) is 0 Å². The molecule has 0 bridgehead atoms. The summed E-state index contributed by atoms with van der Waals surface area (Å²) in [5.41, 5.74) is 4.42. The Bertz CT molecular complexity index is 897. The summed E-state index contributed by atoms with van der Waals surface area (Å²) >= 11 is 0. The Morgan fingerprint density at radius 1 is 0.923 bits per heavy atom. The average molecular weight is 343 g/mol. The number of cyclic esters (lactones) is 1. The summed E-state index contributed by atoms with van der Waals surface area (Å²) in [6.07, 6.45) is 1.37. The van der Waals surface area contributed by atoms with Gasteiger partial charge in [0.1, 0.15) is 6.61 Å². The van der Waals surface area contributed by atoms with Crippen molar-refractivity contribution in [2.24, 2.45) is 5.16 Å². The van der Waals surface area contributed by atoms with Crippen LogP contribution in [-0.4, -0.2) is 12.2 Å². The first-order chi connectivity index (χ1) is 12.8. The summed E-state index contributed by atoms with van der Waals surface area (Å²) in [7, 11) is 0. The number of fused-ring (bicyclic) bond motifs is 1. The Labute approximate surface area is 151 Å². The summed E-state index contributed by atoms with van der Waals surface area (Å²) in [5.74, 6) is -0.270. The summed E-state index contributed by atoms with van der Waals surface area (Å²) < 4.78 is 5.02. The maximum absolute atomic E-state index is 11.5. The van der Waals surface area contributed by atoms with Crippen LogP contribution in [0.1, 0.15) is 38.7 Å². The number of ether oxygens (including phenoxy) is 1. The molecular weight excluding hydrogens is 326 g/mol. The van der Waals surface area contributed by atoms with Crippen LogP contribution in [0.25, 0.3) is 0 Å². The molecular formula is C22H17NO3. The van der Waals surface area contributed by atoms with Crippen molar-refractivity contribution in [2.75, 3.05) is 0 Å². The number of benzene rings is 3. The summed E-state index contributed by atoms with van der Waals surface area (Å²) in [6, 6.07) is 25.4. The van der Waals surface area contributed by atoms with Crippen LogP contribution < -0.4 is 0 Å². The highest BCUT2D eigenvalue weighted by Crippen LogP contribution is 2.26. The molecule has 3 aromatic rings. The Morgan fingerprint density at radius 2 is 1.58 bits per heavy atom. The van der Waals surface area contributed by atoms with Crippen LogP contribution in [-0.2, 0) is 16.2 Å². The van der Waals surface area contributed by atoms with Crippen molar-refractivity contribution in [1.82, 2.24) is 0 Å². The van der Waals surface area contributed by atoms with Gasteiger partial charge in [-0.25, -0.2) is 4.79 Å². The summed E-state index contributed by atoms with van der Waals surface area (Å²) in [6.45, 7) is 0.313. The fourth-order valence-corrected chi connectivity index (χ4v) is 2.96. The molecule has 4 heteroatoms. The van der Waals surface area contributed by atoms with Gasteiger partial charge in [0.2, 0.25) is 0 Å². The fourth-order valence-electron chi connectivity index (χ4n) is 2.96. The smallest absolute Gasteiger partial charge is 0.338 e. The Kier molecular flexibility index (Phi) is 4.48. The van der Waals surface area contributed by atoms with Gasteiger partial charge in [-0.15, -0.1) is 0 Å². The minimum atomic E-state index is -0.284. The van der Waals surface area contributed by atoms with Gasteiger partial charge in [0, 0.05) is 5.56 Å². The van der Waals surface area contributed by atoms with Crippen molar-refractivity contribution in [1.29, 1.82) is 0 Å². The second kappa shape index (κ2) is 7.23. The van der Waals surface area contributed by atoms with Gasteiger partial charge in [0.25, 0.3) is 0 Å². The Morgan fingerprint density at radius 3 is 2.23 bits per heavy atom. The van der Waals surface area contributed by atoms with Crippen LogP contribution in [0.2, 0.25) is 0 Å². The second-order valence-corrected chi connectivity index (χ2v) is 6.03. The highest BCUT2D eigenvalue weighted by Gasteiger charge is 2.20. The highest BCUT2D eigenvalue weighted by atomic mass is 16.6. The number of carbonyl (C=O) groups excluding carboxylic acids is 1. The van der Waals surface area contributed by atoms with Crippen molar-refractivity contribution in [3.05, 3.63) is 107 Å². The topological polar surface area (TPSA) is 47.9 Å². The highest BCUT2D eigenvalue weighted by molar-refractivity contribution is 5.94. The molecule has 4 nitrogen and oxygen atoms in total. The maximum atomic E-state index is 11.5. The molecule has 0 spiro atoms. The van der Waals surface area contributed by atoms with Gasteiger partial charge < -0.3 is 9.57 Å². The molecule has 128 valence electrons. The van der Waals surface area contributed by atoms with E-state index in [1.54, 1.807) is 12.3 Å². The van der Waals surface area contributed by atoms with Crippen LogP contribution in [0.3, 0.4) is 0 Å². The quantitative estimate of drug-likeness (QED) is 0.389. The predicted octanol–water partition coefficient (Wildman–Crippen LogP) is 4.50. The molecule has 0 saturated heterocycles. The molecule has 0 radical (unpaired) electrons. The molecule has 0 fully saturated rings. The van der Waals surface area contributed by atoms with Crippen LogP contribution in [0.4, 0.5) is 0 Å². The van der Waals surface area contributed by atoms with Crippen molar-refractivity contribution in [3.63, 3.8) is 0 Å². The van der Waals surface area contributed by atoms with Gasteiger partial charge in [-0.3, -0.25) is 0 Å². The fraction of sp³-hybridized carbons (Fsp3) is 0.0909. The molecule has 0 amide bonds. The number of hydrogen-bond donors (Lipinski definition) is 0. The summed E-state index contributed by atoms with van der Waals surface area (Å²) in [5, 5.41) is 4.19. The summed E-state index contributed by atoms with van der Waals surface area (Å²) in [4.78, 5) is 17.3. The van der Waals surface area contributed by atoms with Crippen molar-refractivity contribution in [2.45, 2.75) is 12.7 Å². The maximum Gasteiger partial charge on any atom is 0.338 e. The zero-order valence-corrected chi connectivity index (χ0v) is 14.0. The number of carbonyl (C=O) groups is 1. The average Bonchev–Trinajstić information content (AvgIpc) is 3.07. The molecule has 26 heavy (non-hydrogen) atoms. The van der Waals surface area contributed by atoms with Gasteiger partial charge in [0.15, 0.2) is 6.10 Å².